The van der Waals surface area contributed by atoms with Gasteiger partial charge in [0.1, 0.15) is 0 Å². The van der Waals surface area contributed by atoms with Crippen molar-refractivity contribution in [1.82, 2.24) is 25.0 Å². The largest absolute Gasteiger partial charge is 0.337 e. The van der Waals surface area contributed by atoms with E-state index in [1.165, 1.54) is 0 Å². The Morgan fingerprint density at radius 2 is 2.20 bits per heavy atom. The van der Waals surface area contributed by atoms with Crippen molar-refractivity contribution in [1.29, 1.82) is 0 Å². The summed E-state index contributed by atoms with van der Waals surface area (Å²) in [5, 5.41) is 2.81. The number of hydrogen-bond acceptors (Lipinski definition) is 4. The predicted octanol–water partition coefficient (Wildman–Crippen LogP) is -0.334. The van der Waals surface area contributed by atoms with E-state index < -0.39 is 0 Å². The molecule has 0 radical (unpaired) electrons. The molecule has 1 N–H and O–H groups in total. The monoisotopic (exact) mass is 343 g/mol. The standard InChI is InChI=1S/C17H21N5O3/c1-20-16(25)19-9-17(20)10-22(11-17)15(24)13-5-14(23)21(8-13)7-12-3-2-4-18-6-12/h2-4,6,13H,5,7-11H2,1H3,(H,19,25). The van der Waals surface area contributed by atoms with E-state index in [1.54, 1.807) is 34.1 Å². The first kappa shape index (κ1) is 15.9. The van der Waals surface area contributed by atoms with Crippen LogP contribution in [0.5, 0.6) is 0 Å². The van der Waals surface area contributed by atoms with Crippen LogP contribution < -0.4 is 5.32 Å². The molecular weight excluding hydrogens is 322 g/mol. The highest BCUT2D eigenvalue weighted by Gasteiger charge is 2.54. The highest BCUT2D eigenvalue weighted by molar-refractivity contribution is 5.90. The first-order valence-electron chi connectivity index (χ1n) is 8.46. The van der Waals surface area contributed by atoms with Gasteiger partial charge < -0.3 is 20.0 Å². The van der Waals surface area contributed by atoms with Gasteiger partial charge in [-0.2, -0.15) is 0 Å². The van der Waals surface area contributed by atoms with Gasteiger partial charge in [0.25, 0.3) is 0 Å². The quantitative estimate of drug-likeness (QED) is 0.814. The van der Waals surface area contributed by atoms with Crippen LogP contribution in [-0.2, 0) is 16.1 Å². The summed E-state index contributed by atoms with van der Waals surface area (Å²) < 4.78 is 0. The van der Waals surface area contributed by atoms with Crippen LogP contribution >= 0.6 is 0 Å². The zero-order chi connectivity index (χ0) is 17.6. The van der Waals surface area contributed by atoms with Crippen molar-refractivity contribution in [3.63, 3.8) is 0 Å². The number of likely N-dealkylation sites (N-methyl/N-ethyl adjacent to an activating group) is 1. The van der Waals surface area contributed by atoms with Crippen molar-refractivity contribution in [2.45, 2.75) is 18.5 Å². The summed E-state index contributed by atoms with van der Waals surface area (Å²) in [6.07, 6.45) is 3.69. The zero-order valence-corrected chi connectivity index (χ0v) is 14.1. The topological polar surface area (TPSA) is 85.8 Å². The number of nitrogens with one attached hydrogen (secondary N) is 1. The maximum absolute atomic E-state index is 12.7. The number of rotatable bonds is 3. The molecule has 4 rings (SSSR count). The van der Waals surface area contributed by atoms with Gasteiger partial charge in [-0.05, 0) is 11.6 Å². The van der Waals surface area contributed by atoms with E-state index in [-0.39, 0.29) is 35.7 Å². The first-order chi connectivity index (χ1) is 12.0. The minimum Gasteiger partial charge on any atom is -0.337 e. The van der Waals surface area contributed by atoms with Crippen LogP contribution in [0.1, 0.15) is 12.0 Å². The number of carbonyl (C=O) groups is 3. The molecule has 1 aromatic heterocycles. The van der Waals surface area contributed by atoms with Crippen molar-refractivity contribution < 1.29 is 14.4 Å². The van der Waals surface area contributed by atoms with Gasteiger partial charge in [-0.1, -0.05) is 6.07 Å². The van der Waals surface area contributed by atoms with Gasteiger partial charge in [0.05, 0.1) is 11.5 Å². The molecule has 3 saturated heterocycles. The van der Waals surface area contributed by atoms with Crippen molar-refractivity contribution in [3.8, 4) is 0 Å². The molecule has 8 heteroatoms. The van der Waals surface area contributed by atoms with E-state index >= 15 is 0 Å². The number of likely N-dealkylation sites (tertiary alicyclic amines) is 2. The number of hydrogen-bond donors (Lipinski definition) is 1. The van der Waals surface area contributed by atoms with E-state index in [2.05, 4.69) is 10.3 Å². The average Bonchev–Trinajstić information content (AvgIpc) is 3.08. The lowest BCUT2D eigenvalue weighted by molar-refractivity contribution is -0.146. The highest BCUT2D eigenvalue weighted by atomic mass is 16.2. The number of urea groups is 1. The number of aromatic nitrogens is 1. The molecule has 132 valence electrons. The van der Waals surface area contributed by atoms with E-state index in [1.807, 2.05) is 12.1 Å². The molecule has 1 aromatic rings. The minimum absolute atomic E-state index is 0.00673. The lowest BCUT2D eigenvalue weighted by Crippen LogP contribution is -2.70. The zero-order valence-electron chi connectivity index (χ0n) is 14.1. The highest BCUT2D eigenvalue weighted by Crippen LogP contribution is 2.32. The van der Waals surface area contributed by atoms with Gasteiger partial charge in [0.15, 0.2) is 0 Å². The van der Waals surface area contributed by atoms with Crippen LogP contribution in [-0.4, -0.2) is 76.3 Å². The number of pyridine rings is 1. The molecular formula is C17H21N5O3. The Balaban J connectivity index is 1.35. The van der Waals surface area contributed by atoms with Crippen molar-refractivity contribution in [3.05, 3.63) is 30.1 Å². The molecule has 3 fully saturated rings. The molecule has 1 unspecified atom stereocenters. The first-order valence-corrected chi connectivity index (χ1v) is 8.46. The molecule has 3 aliphatic heterocycles. The number of nitrogens with zero attached hydrogens (tertiary/aromatic N) is 4. The summed E-state index contributed by atoms with van der Waals surface area (Å²) in [4.78, 5) is 45.8. The summed E-state index contributed by atoms with van der Waals surface area (Å²) in [6, 6.07) is 3.67. The Morgan fingerprint density at radius 1 is 1.40 bits per heavy atom. The Bertz CT molecular complexity index is 716. The fourth-order valence-electron chi connectivity index (χ4n) is 3.90. The van der Waals surface area contributed by atoms with E-state index in [0.29, 0.717) is 32.7 Å². The van der Waals surface area contributed by atoms with E-state index in [4.69, 9.17) is 0 Å². The fourth-order valence-corrected chi connectivity index (χ4v) is 3.90. The maximum atomic E-state index is 12.7. The normalized spacial score (nSPS) is 24.7. The van der Waals surface area contributed by atoms with Crippen LogP contribution in [0.2, 0.25) is 0 Å². The molecule has 8 nitrogen and oxygen atoms in total. The van der Waals surface area contributed by atoms with Gasteiger partial charge >= 0.3 is 6.03 Å². The summed E-state index contributed by atoms with van der Waals surface area (Å²) in [5.41, 5.74) is 0.689. The van der Waals surface area contributed by atoms with Crippen molar-refractivity contribution in [2.24, 2.45) is 5.92 Å². The van der Waals surface area contributed by atoms with Gasteiger partial charge in [-0.25, -0.2) is 4.79 Å². The van der Waals surface area contributed by atoms with Crippen LogP contribution in [0, 0.1) is 5.92 Å². The SMILES string of the molecule is CN1C(=O)NCC12CN(C(=O)C1CC(=O)N(Cc3cccnc3)C1)C2. The van der Waals surface area contributed by atoms with Gasteiger partial charge in [0.2, 0.25) is 11.8 Å². The van der Waals surface area contributed by atoms with Gasteiger partial charge in [0, 0.05) is 58.6 Å². The van der Waals surface area contributed by atoms with Gasteiger partial charge in [-0.15, -0.1) is 0 Å². The second-order valence-electron chi connectivity index (χ2n) is 7.17. The second-order valence-corrected chi connectivity index (χ2v) is 7.17. The smallest absolute Gasteiger partial charge is 0.317 e. The third kappa shape index (κ3) is 2.61. The maximum Gasteiger partial charge on any atom is 0.317 e. The lowest BCUT2D eigenvalue weighted by atomic mass is 9.88. The Kier molecular flexibility index (Phi) is 3.63. The molecule has 1 atom stereocenters. The fraction of sp³-hybridized carbons (Fsp3) is 0.529. The summed E-state index contributed by atoms with van der Waals surface area (Å²) >= 11 is 0. The number of carbonyl (C=O) groups excluding carboxylic acids is 3. The molecule has 0 saturated carbocycles. The lowest BCUT2D eigenvalue weighted by Gasteiger charge is -2.51. The third-order valence-electron chi connectivity index (χ3n) is 5.53. The summed E-state index contributed by atoms with van der Waals surface area (Å²) in [7, 11) is 1.76. The Hall–Kier alpha value is -2.64. The molecule has 0 aromatic carbocycles. The summed E-state index contributed by atoms with van der Waals surface area (Å²) in [5.74, 6) is -0.274. The molecule has 1 spiro atoms. The van der Waals surface area contributed by atoms with Crippen LogP contribution in [0.15, 0.2) is 24.5 Å². The Labute approximate surface area is 145 Å². The average molecular weight is 343 g/mol. The second kappa shape index (κ2) is 5.72. The third-order valence-corrected chi connectivity index (χ3v) is 5.53. The van der Waals surface area contributed by atoms with Crippen molar-refractivity contribution >= 4 is 17.8 Å². The molecule has 3 aliphatic rings. The minimum atomic E-state index is -0.295. The molecule has 0 aliphatic carbocycles. The molecule has 25 heavy (non-hydrogen) atoms. The number of amides is 4. The van der Waals surface area contributed by atoms with Crippen LogP contribution in [0.3, 0.4) is 0 Å². The predicted molar refractivity (Wildman–Crippen MR) is 88.2 cm³/mol. The van der Waals surface area contributed by atoms with Crippen LogP contribution in [0.25, 0.3) is 0 Å². The van der Waals surface area contributed by atoms with E-state index in [9.17, 15) is 14.4 Å². The van der Waals surface area contributed by atoms with E-state index in [0.717, 1.165) is 5.56 Å². The molecule has 4 heterocycles. The summed E-state index contributed by atoms with van der Waals surface area (Å²) in [6.45, 7) is 2.58. The van der Waals surface area contributed by atoms with Gasteiger partial charge in [-0.3, -0.25) is 14.6 Å². The Morgan fingerprint density at radius 3 is 2.84 bits per heavy atom. The molecule has 4 amide bonds. The van der Waals surface area contributed by atoms with Crippen LogP contribution in [0.4, 0.5) is 4.79 Å². The molecule has 0 bridgehead atoms. The van der Waals surface area contributed by atoms with Crippen molar-refractivity contribution in [2.75, 3.05) is 33.2 Å².